The maximum absolute atomic E-state index is 6.02. The number of rotatable bonds is 2. The van der Waals surface area contributed by atoms with Crippen LogP contribution < -0.4 is 0 Å². The third-order valence-electron chi connectivity index (χ3n) is 3.57. The maximum Gasteiger partial charge on any atom is 0.0647 e. The monoisotopic (exact) mass is 350 g/mol. The van der Waals surface area contributed by atoms with Crippen LogP contribution in [0.2, 0.25) is 5.02 Å². The fourth-order valence-corrected chi connectivity index (χ4v) is 3.30. The van der Waals surface area contributed by atoms with Crippen LogP contribution in [0.25, 0.3) is 0 Å². The minimum Gasteiger partial charge on any atom is -0.0843 e. The third kappa shape index (κ3) is 3.45. The summed E-state index contributed by atoms with van der Waals surface area (Å²) in [6.45, 7) is 8.80. The van der Waals surface area contributed by atoms with E-state index in [1.54, 1.807) is 0 Å². The summed E-state index contributed by atoms with van der Waals surface area (Å²) in [6, 6.07) is 14.9. The molecule has 0 spiro atoms. The van der Waals surface area contributed by atoms with Crippen molar-refractivity contribution in [2.45, 2.75) is 37.9 Å². The molecule has 0 radical (unpaired) electrons. The van der Waals surface area contributed by atoms with Crippen molar-refractivity contribution in [3.05, 3.63) is 69.7 Å². The molecule has 2 heteroatoms. The van der Waals surface area contributed by atoms with Crippen molar-refractivity contribution in [3.63, 3.8) is 0 Å². The minimum absolute atomic E-state index is 0.191. The zero-order valence-electron chi connectivity index (χ0n) is 12.4. The fourth-order valence-electron chi connectivity index (χ4n) is 2.26. The molecule has 0 aromatic heterocycles. The van der Waals surface area contributed by atoms with E-state index in [9.17, 15) is 0 Å². The summed E-state index contributed by atoms with van der Waals surface area (Å²) in [4.78, 5) is 0.203. The molecule has 1 atom stereocenters. The van der Waals surface area contributed by atoms with E-state index in [2.05, 4.69) is 74.0 Å². The largest absolute Gasteiger partial charge is 0.0843 e. The van der Waals surface area contributed by atoms with Crippen molar-refractivity contribution in [2.75, 3.05) is 0 Å². The topological polar surface area (TPSA) is 0 Å². The lowest BCUT2D eigenvalue weighted by atomic mass is 9.86. The van der Waals surface area contributed by atoms with Crippen LogP contribution in [-0.2, 0) is 5.41 Å². The van der Waals surface area contributed by atoms with E-state index in [0.29, 0.717) is 0 Å². The van der Waals surface area contributed by atoms with Gasteiger partial charge in [-0.05, 0) is 46.7 Å². The summed E-state index contributed by atoms with van der Waals surface area (Å²) in [5, 5.41) is 0.786. The number of alkyl halides is 1. The first kappa shape index (κ1) is 15.6. The van der Waals surface area contributed by atoms with E-state index in [0.717, 1.165) is 5.02 Å². The van der Waals surface area contributed by atoms with Crippen molar-refractivity contribution in [1.82, 2.24) is 0 Å². The first-order chi connectivity index (χ1) is 9.29. The Kier molecular flexibility index (Phi) is 4.61. The number of benzene rings is 2. The summed E-state index contributed by atoms with van der Waals surface area (Å²) in [7, 11) is 0. The SMILES string of the molecule is Cc1cc(Cl)ccc1C(Br)c1ccc(C(C)(C)C)cc1. The molecule has 0 saturated heterocycles. The van der Waals surface area contributed by atoms with Gasteiger partial charge in [0.25, 0.3) is 0 Å². The molecule has 0 aliphatic rings. The van der Waals surface area contributed by atoms with E-state index in [1.807, 2.05) is 12.1 Å². The van der Waals surface area contributed by atoms with Crippen LogP contribution in [0.4, 0.5) is 0 Å². The number of hydrogen-bond acceptors (Lipinski definition) is 0. The van der Waals surface area contributed by atoms with Crippen LogP contribution in [0.5, 0.6) is 0 Å². The van der Waals surface area contributed by atoms with Gasteiger partial charge in [-0.2, -0.15) is 0 Å². The molecular formula is C18H20BrCl. The fraction of sp³-hybridized carbons (Fsp3) is 0.333. The standard InChI is InChI=1S/C18H20BrCl/c1-12-11-15(20)9-10-16(12)17(19)13-5-7-14(8-6-13)18(2,3)4/h5-11,17H,1-4H3. The molecule has 2 aromatic carbocycles. The summed E-state index contributed by atoms with van der Waals surface area (Å²) < 4.78 is 0. The zero-order valence-corrected chi connectivity index (χ0v) is 14.7. The van der Waals surface area contributed by atoms with Gasteiger partial charge in [-0.1, -0.05) is 78.6 Å². The first-order valence-corrected chi connectivity index (χ1v) is 8.09. The highest BCUT2D eigenvalue weighted by atomic mass is 79.9. The smallest absolute Gasteiger partial charge is 0.0647 e. The normalized spacial score (nSPS) is 13.3. The van der Waals surface area contributed by atoms with Crippen molar-refractivity contribution >= 4 is 27.5 Å². The molecule has 0 aliphatic heterocycles. The highest BCUT2D eigenvalue weighted by Crippen LogP contribution is 2.34. The molecule has 0 amide bonds. The lowest BCUT2D eigenvalue weighted by Crippen LogP contribution is -2.10. The molecule has 20 heavy (non-hydrogen) atoms. The van der Waals surface area contributed by atoms with Gasteiger partial charge in [0.15, 0.2) is 0 Å². The van der Waals surface area contributed by atoms with Gasteiger partial charge < -0.3 is 0 Å². The van der Waals surface area contributed by atoms with Gasteiger partial charge in [-0.3, -0.25) is 0 Å². The Bertz CT molecular complexity index is 594. The molecule has 0 fully saturated rings. The first-order valence-electron chi connectivity index (χ1n) is 6.79. The van der Waals surface area contributed by atoms with E-state index in [1.165, 1.54) is 22.3 Å². The molecule has 2 aromatic rings. The van der Waals surface area contributed by atoms with E-state index in [-0.39, 0.29) is 10.2 Å². The Labute approximate surface area is 135 Å². The molecule has 106 valence electrons. The molecule has 0 bridgehead atoms. The van der Waals surface area contributed by atoms with Gasteiger partial charge in [-0.15, -0.1) is 0 Å². The van der Waals surface area contributed by atoms with Gasteiger partial charge in [-0.25, -0.2) is 0 Å². The number of halogens is 2. The molecular weight excluding hydrogens is 332 g/mol. The Morgan fingerprint density at radius 3 is 2.10 bits per heavy atom. The third-order valence-corrected chi connectivity index (χ3v) is 4.83. The highest BCUT2D eigenvalue weighted by molar-refractivity contribution is 9.09. The zero-order chi connectivity index (χ0) is 14.9. The summed E-state index contributed by atoms with van der Waals surface area (Å²) in [5.74, 6) is 0. The lowest BCUT2D eigenvalue weighted by Gasteiger charge is -2.20. The molecule has 2 rings (SSSR count). The maximum atomic E-state index is 6.02. The minimum atomic E-state index is 0.191. The average Bonchev–Trinajstić information content (AvgIpc) is 2.37. The molecule has 0 aliphatic carbocycles. The van der Waals surface area contributed by atoms with E-state index < -0.39 is 0 Å². The second-order valence-corrected chi connectivity index (χ2v) is 7.59. The Balaban J connectivity index is 2.31. The molecule has 0 heterocycles. The van der Waals surface area contributed by atoms with Crippen molar-refractivity contribution in [1.29, 1.82) is 0 Å². The molecule has 1 unspecified atom stereocenters. The Morgan fingerprint density at radius 1 is 1.00 bits per heavy atom. The Morgan fingerprint density at radius 2 is 1.60 bits per heavy atom. The summed E-state index contributed by atoms with van der Waals surface area (Å²) in [6.07, 6.45) is 0. The van der Waals surface area contributed by atoms with Gasteiger partial charge in [0, 0.05) is 5.02 Å². The Hall–Kier alpha value is -0.790. The van der Waals surface area contributed by atoms with Crippen LogP contribution in [0.15, 0.2) is 42.5 Å². The van der Waals surface area contributed by atoms with Crippen molar-refractivity contribution < 1.29 is 0 Å². The van der Waals surface area contributed by atoms with Gasteiger partial charge in [0.1, 0.15) is 0 Å². The highest BCUT2D eigenvalue weighted by Gasteiger charge is 2.16. The molecule has 0 saturated carbocycles. The van der Waals surface area contributed by atoms with Crippen molar-refractivity contribution in [2.24, 2.45) is 0 Å². The predicted octanol–water partition coefficient (Wildman–Crippen LogP) is 6.43. The van der Waals surface area contributed by atoms with Crippen molar-refractivity contribution in [3.8, 4) is 0 Å². The van der Waals surface area contributed by atoms with E-state index >= 15 is 0 Å². The van der Waals surface area contributed by atoms with Crippen LogP contribution in [0.3, 0.4) is 0 Å². The number of hydrogen-bond donors (Lipinski definition) is 0. The second kappa shape index (κ2) is 5.91. The summed E-state index contributed by atoms with van der Waals surface area (Å²) >= 11 is 9.82. The van der Waals surface area contributed by atoms with Gasteiger partial charge in [0.05, 0.1) is 4.83 Å². The predicted molar refractivity (Wildman–Crippen MR) is 92.1 cm³/mol. The second-order valence-electron chi connectivity index (χ2n) is 6.24. The average molecular weight is 352 g/mol. The van der Waals surface area contributed by atoms with Crippen LogP contribution >= 0.6 is 27.5 Å². The van der Waals surface area contributed by atoms with E-state index in [4.69, 9.17) is 11.6 Å². The lowest BCUT2D eigenvalue weighted by molar-refractivity contribution is 0.590. The van der Waals surface area contributed by atoms with Crippen LogP contribution in [0, 0.1) is 6.92 Å². The molecule has 0 nitrogen and oxygen atoms in total. The van der Waals surface area contributed by atoms with Crippen LogP contribution in [0.1, 0.15) is 47.9 Å². The van der Waals surface area contributed by atoms with Gasteiger partial charge in [0.2, 0.25) is 0 Å². The van der Waals surface area contributed by atoms with Crippen LogP contribution in [-0.4, -0.2) is 0 Å². The molecule has 0 N–H and O–H groups in total. The summed E-state index contributed by atoms with van der Waals surface area (Å²) in [5.41, 5.74) is 5.28. The van der Waals surface area contributed by atoms with Gasteiger partial charge >= 0.3 is 0 Å². The quantitative estimate of drug-likeness (QED) is 0.547. The number of aryl methyl sites for hydroxylation is 1.